The topological polar surface area (TPSA) is 64.7 Å². The number of para-hydroxylation sites is 1. The zero-order chi connectivity index (χ0) is 10.6. The molecule has 1 rings (SSSR count). The second-order valence-corrected chi connectivity index (χ2v) is 3.04. The molecule has 0 radical (unpaired) electrons. The van der Waals surface area contributed by atoms with Crippen LogP contribution in [0.25, 0.3) is 0 Å². The number of benzene rings is 1. The van der Waals surface area contributed by atoms with E-state index in [1.54, 1.807) is 25.1 Å². The molecule has 1 unspecified atom stereocenters. The fraction of sp³-hybridized carbons (Fsp3) is 0.400. The van der Waals surface area contributed by atoms with Crippen LogP contribution in [0, 0.1) is 0 Å². The van der Waals surface area contributed by atoms with Crippen molar-refractivity contribution in [2.24, 2.45) is 0 Å². The summed E-state index contributed by atoms with van der Waals surface area (Å²) in [4.78, 5) is 0. The number of rotatable bonds is 4. The van der Waals surface area contributed by atoms with Gasteiger partial charge in [0.2, 0.25) is 0 Å². The third-order valence-electron chi connectivity index (χ3n) is 1.69. The Morgan fingerprint density at radius 2 is 2.21 bits per heavy atom. The van der Waals surface area contributed by atoms with Crippen molar-refractivity contribution in [3.8, 4) is 11.5 Å². The zero-order valence-corrected chi connectivity index (χ0v) is 8.36. The van der Waals surface area contributed by atoms with Gasteiger partial charge in [-0.3, -0.25) is 0 Å². The van der Waals surface area contributed by atoms with Crippen LogP contribution in [0.2, 0.25) is 0 Å². The van der Waals surface area contributed by atoms with Crippen molar-refractivity contribution < 1.29 is 14.6 Å². The van der Waals surface area contributed by atoms with E-state index in [1.165, 1.54) is 7.11 Å². The summed E-state index contributed by atoms with van der Waals surface area (Å²) in [6, 6.07) is 5.25. The van der Waals surface area contributed by atoms with Crippen molar-refractivity contribution in [3.63, 3.8) is 0 Å². The van der Waals surface area contributed by atoms with E-state index in [-0.39, 0.29) is 6.61 Å². The lowest BCUT2D eigenvalue weighted by atomic mass is 10.3. The first kappa shape index (κ1) is 10.7. The predicted octanol–water partition coefficient (Wildman–Crippen LogP) is 1.04. The highest BCUT2D eigenvalue weighted by Gasteiger charge is 2.08. The van der Waals surface area contributed by atoms with Crippen LogP contribution in [-0.2, 0) is 0 Å². The molecule has 0 fully saturated rings. The quantitative estimate of drug-likeness (QED) is 0.708. The van der Waals surface area contributed by atoms with E-state index >= 15 is 0 Å². The number of aliphatic hydroxyl groups is 1. The molecule has 14 heavy (non-hydrogen) atoms. The number of methoxy groups -OCH3 is 1. The van der Waals surface area contributed by atoms with E-state index in [0.29, 0.717) is 17.2 Å². The molecule has 0 aliphatic carbocycles. The fourth-order valence-corrected chi connectivity index (χ4v) is 1.08. The maximum atomic E-state index is 9.05. The van der Waals surface area contributed by atoms with Crippen molar-refractivity contribution in [2.75, 3.05) is 19.5 Å². The zero-order valence-electron chi connectivity index (χ0n) is 8.36. The van der Waals surface area contributed by atoms with Crippen molar-refractivity contribution >= 4 is 5.69 Å². The second kappa shape index (κ2) is 4.72. The molecule has 4 nitrogen and oxygen atoms in total. The van der Waals surface area contributed by atoms with Crippen LogP contribution in [0.4, 0.5) is 5.69 Å². The van der Waals surface area contributed by atoms with Crippen LogP contribution >= 0.6 is 0 Å². The summed E-state index contributed by atoms with van der Waals surface area (Å²) in [5.74, 6) is 1.06. The molecule has 0 aromatic heterocycles. The molecule has 1 atom stereocenters. The molecule has 0 aliphatic rings. The Morgan fingerprint density at radius 1 is 1.50 bits per heavy atom. The summed E-state index contributed by atoms with van der Waals surface area (Å²) >= 11 is 0. The molecular weight excluding hydrogens is 182 g/mol. The normalized spacial score (nSPS) is 12.2. The molecule has 78 valence electrons. The van der Waals surface area contributed by atoms with Crippen molar-refractivity contribution in [2.45, 2.75) is 13.0 Å². The van der Waals surface area contributed by atoms with E-state index in [9.17, 15) is 0 Å². The van der Waals surface area contributed by atoms with Gasteiger partial charge in [0.15, 0.2) is 11.5 Å². The number of nitrogens with two attached hydrogens (primary N) is 1. The number of hydrogen-bond donors (Lipinski definition) is 2. The van der Waals surface area contributed by atoms with Gasteiger partial charge in [-0.2, -0.15) is 0 Å². The Kier molecular flexibility index (Phi) is 3.59. The van der Waals surface area contributed by atoms with Gasteiger partial charge in [0.1, 0.15) is 6.61 Å². The first-order valence-electron chi connectivity index (χ1n) is 4.38. The van der Waals surface area contributed by atoms with Crippen molar-refractivity contribution in [1.82, 2.24) is 0 Å². The molecule has 1 aromatic carbocycles. The second-order valence-electron chi connectivity index (χ2n) is 3.04. The Morgan fingerprint density at radius 3 is 2.79 bits per heavy atom. The lowest BCUT2D eigenvalue weighted by molar-refractivity contribution is 0.120. The predicted molar refractivity (Wildman–Crippen MR) is 54.6 cm³/mol. The maximum Gasteiger partial charge on any atom is 0.183 e. The maximum absolute atomic E-state index is 9.05. The first-order chi connectivity index (χ1) is 6.65. The minimum atomic E-state index is -0.513. The van der Waals surface area contributed by atoms with E-state index < -0.39 is 6.10 Å². The van der Waals surface area contributed by atoms with Gasteiger partial charge in [0.05, 0.1) is 18.9 Å². The fourth-order valence-electron chi connectivity index (χ4n) is 1.08. The highest BCUT2D eigenvalue weighted by Crippen LogP contribution is 2.32. The summed E-state index contributed by atoms with van der Waals surface area (Å²) < 4.78 is 10.4. The smallest absolute Gasteiger partial charge is 0.183 e. The molecular formula is C10H15NO3. The number of aliphatic hydroxyl groups excluding tert-OH is 1. The molecule has 0 saturated carbocycles. The van der Waals surface area contributed by atoms with Crippen LogP contribution in [0.5, 0.6) is 11.5 Å². The Hall–Kier alpha value is -1.42. The van der Waals surface area contributed by atoms with Gasteiger partial charge in [0.25, 0.3) is 0 Å². The van der Waals surface area contributed by atoms with Crippen LogP contribution in [0.3, 0.4) is 0 Å². The molecule has 0 aliphatic heterocycles. The van der Waals surface area contributed by atoms with Gasteiger partial charge in [0, 0.05) is 0 Å². The molecule has 0 amide bonds. The van der Waals surface area contributed by atoms with Gasteiger partial charge < -0.3 is 20.3 Å². The summed E-state index contributed by atoms with van der Waals surface area (Å²) in [6.07, 6.45) is -0.513. The summed E-state index contributed by atoms with van der Waals surface area (Å²) in [6.45, 7) is 1.87. The minimum Gasteiger partial charge on any atom is -0.491 e. The Labute approximate surface area is 83.3 Å². The molecule has 4 heteroatoms. The van der Waals surface area contributed by atoms with Gasteiger partial charge >= 0.3 is 0 Å². The van der Waals surface area contributed by atoms with E-state index in [4.69, 9.17) is 20.3 Å². The van der Waals surface area contributed by atoms with Gasteiger partial charge in [-0.1, -0.05) is 6.07 Å². The molecule has 0 bridgehead atoms. The molecule has 3 N–H and O–H groups in total. The number of hydrogen-bond acceptors (Lipinski definition) is 4. The lowest BCUT2D eigenvalue weighted by Crippen LogP contribution is -2.13. The van der Waals surface area contributed by atoms with Crippen molar-refractivity contribution in [3.05, 3.63) is 18.2 Å². The van der Waals surface area contributed by atoms with Crippen LogP contribution in [0.15, 0.2) is 18.2 Å². The third-order valence-corrected chi connectivity index (χ3v) is 1.69. The van der Waals surface area contributed by atoms with Crippen molar-refractivity contribution in [1.29, 1.82) is 0 Å². The van der Waals surface area contributed by atoms with Gasteiger partial charge in [-0.05, 0) is 19.1 Å². The van der Waals surface area contributed by atoms with Gasteiger partial charge in [-0.25, -0.2) is 0 Å². The first-order valence-corrected chi connectivity index (χ1v) is 4.38. The molecule has 0 saturated heterocycles. The Balaban J connectivity index is 2.80. The summed E-state index contributed by atoms with van der Waals surface area (Å²) in [7, 11) is 1.53. The van der Waals surface area contributed by atoms with Crippen LogP contribution in [0.1, 0.15) is 6.92 Å². The highest BCUT2D eigenvalue weighted by atomic mass is 16.5. The van der Waals surface area contributed by atoms with E-state index in [0.717, 1.165) is 0 Å². The summed E-state index contributed by atoms with van der Waals surface area (Å²) in [5.41, 5.74) is 6.19. The van der Waals surface area contributed by atoms with Gasteiger partial charge in [-0.15, -0.1) is 0 Å². The average Bonchev–Trinajstić information content (AvgIpc) is 2.14. The lowest BCUT2D eigenvalue weighted by Gasteiger charge is -2.13. The molecule has 1 aromatic rings. The van der Waals surface area contributed by atoms with Crippen LogP contribution in [-0.4, -0.2) is 24.9 Å². The molecule has 0 spiro atoms. The average molecular weight is 197 g/mol. The number of nitrogen functional groups attached to an aromatic ring is 1. The number of ether oxygens (including phenoxy) is 2. The highest BCUT2D eigenvalue weighted by molar-refractivity contribution is 5.60. The number of anilines is 1. The molecule has 0 heterocycles. The van der Waals surface area contributed by atoms with E-state index in [1.807, 2.05) is 0 Å². The largest absolute Gasteiger partial charge is 0.491 e. The standard InChI is InChI=1S/C10H15NO3/c1-7(12)6-14-9-5-3-4-8(11)10(9)13-2/h3-5,7,12H,6,11H2,1-2H3. The van der Waals surface area contributed by atoms with E-state index in [2.05, 4.69) is 0 Å². The third kappa shape index (κ3) is 2.53. The monoisotopic (exact) mass is 197 g/mol. The minimum absolute atomic E-state index is 0.222. The Bertz CT molecular complexity index is 299. The summed E-state index contributed by atoms with van der Waals surface area (Å²) in [5, 5.41) is 9.05. The van der Waals surface area contributed by atoms with Crippen LogP contribution < -0.4 is 15.2 Å². The SMILES string of the molecule is COc1c(N)cccc1OCC(C)O.